The molecule has 0 aromatic heterocycles. The van der Waals surface area contributed by atoms with Crippen molar-refractivity contribution in [1.29, 1.82) is 0 Å². The van der Waals surface area contributed by atoms with Crippen LogP contribution >= 0.6 is 0 Å². The smallest absolute Gasteiger partial charge is 0.227 e. The summed E-state index contributed by atoms with van der Waals surface area (Å²) in [4.78, 5) is 12.0. The van der Waals surface area contributed by atoms with Crippen LogP contribution in [-0.4, -0.2) is 30.8 Å². The van der Waals surface area contributed by atoms with Gasteiger partial charge in [0.15, 0.2) is 0 Å². The number of rotatable bonds is 5. The molecule has 2 rings (SSSR count). The van der Waals surface area contributed by atoms with Crippen LogP contribution in [0.4, 0.5) is 5.69 Å². The largest absolute Gasteiger partial charge is 0.507 e. The number of carbonyl (C=O) groups is 1. The average molecular weight is 274 g/mol. The molecule has 0 saturated carbocycles. The third-order valence-electron chi connectivity index (χ3n) is 3.18. The Hall–Kier alpha value is -2.11. The summed E-state index contributed by atoms with van der Waals surface area (Å²) < 4.78 is 5.09. The van der Waals surface area contributed by atoms with E-state index in [1.54, 1.807) is 30.3 Å². The molecule has 0 spiro atoms. The predicted molar refractivity (Wildman–Crippen MR) is 78.7 cm³/mol. The Morgan fingerprint density at radius 3 is 2.70 bits per heavy atom. The van der Waals surface area contributed by atoms with E-state index in [0.29, 0.717) is 17.6 Å². The van der Waals surface area contributed by atoms with Crippen molar-refractivity contribution in [3.05, 3.63) is 36.4 Å². The third-order valence-corrected chi connectivity index (χ3v) is 3.18. The molecule has 106 valence electrons. The highest BCUT2D eigenvalue weighted by Gasteiger charge is 2.13. The summed E-state index contributed by atoms with van der Waals surface area (Å²) >= 11 is 0. The molecule has 0 saturated heterocycles. The summed E-state index contributed by atoms with van der Waals surface area (Å²) in [6.07, 6.45) is -0.0965. The lowest BCUT2D eigenvalue weighted by Gasteiger charge is -2.14. The molecule has 2 aromatic carbocycles. The SMILES string of the molecule is COC(CN)CC(=O)Nc1cccc2c(O)cccc12. The maximum Gasteiger partial charge on any atom is 0.227 e. The van der Waals surface area contributed by atoms with Crippen LogP contribution in [0.15, 0.2) is 36.4 Å². The summed E-state index contributed by atoms with van der Waals surface area (Å²) in [5.74, 6) is 0.0217. The molecule has 0 aliphatic carbocycles. The number of benzene rings is 2. The lowest BCUT2D eigenvalue weighted by molar-refractivity contribution is -0.118. The van der Waals surface area contributed by atoms with E-state index in [-0.39, 0.29) is 24.2 Å². The zero-order valence-corrected chi connectivity index (χ0v) is 11.3. The maximum atomic E-state index is 12.0. The molecule has 5 nitrogen and oxygen atoms in total. The molecule has 20 heavy (non-hydrogen) atoms. The first-order valence-electron chi connectivity index (χ1n) is 6.39. The summed E-state index contributed by atoms with van der Waals surface area (Å²) in [5.41, 5.74) is 6.16. The van der Waals surface area contributed by atoms with Gasteiger partial charge in [-0.1, -0.05) is 24.3 Å². The highest BCUT2D eigenvalue weighted by atomic mass is 16.5. The number of hydrogen-bond donors (Lipinski definition) is 3. The molecule has 0 bridgehead atoms. The number of nitrogens with one attached hydrogen (secondary N) is 1. The molecule has 1 amide bonds. The van der Waals surface area contributed by atoms with E-state index in [0.717, 1.165) is 5.39 Å². The van der Waals surface area contributed by atoms with Crippen molar-refractivity contribution in [3.8, 4) is 5.75 Å². The topological polar surface area (TPSA) is 84.6 Å². The normalized spacial score (nSPS) is 12.3. The summed E-state index contributed by atoms with van der Waals surface area (Å²) in [7, 11) is 1.53. The lowest BCUT2D eigenvalue weighted by Crippen LogP contribution is -2.28. The van der Waals surface area contributed by atoms with E-state index in [9.17, 15) is 9.90 Å². The molecule has 1 unspecified atom stereocenters. The van der Waals surface area contributed by atoms with E-state index >= 15 is 0 Å². The molecular formula is C15H18N2O3. The van der Waals surface area contributed by atoms with Crippen molar-refractivity contribution in [3.63, 3.8) is 0 Å². The Labute approximate surface area is 117 Å². The monoisotopic (exact) mass is 274 g/mol. The number of amides is 1. The minimum absolute atomic E-state index is 0.168. The molecule has 2 aromatic rings. The minimum Gasteiger partial charge on any atom is -0.507 e. The molecule has 0 radical (unpaired) electrons. The number of methoxy groups -OCH3 is 1. The number of nitrogens with two attached hydrogens (primary N) is 1. The highest BCUT2D eigenvalue weighted by Crippen LogP contribution is 2.29. The number of anilines is 1. The summed E-state index contributed by atoms with van der Waals surface area (Å²) in [5, 5.41) is 14.1. The molecular weight excluding hydrogens is 256 g/mol. The van der Waals surface area contributed by atoms with E-state index in [2.05, 4.69) is 5.32 Å². The quantitative estimate of drug-likeness (QED) is 0.776. The van der Waals surface area contributed by atoms with Crippen molar-refractivity contribution in [2.45, 2.75) is 12.5 Å². The average Bonchev–Trinajstić information content (AvgIpc) is 2.46. The van der Waals surface area contributed by atoms with Gasteiger partial charge in [-0.3, -0.25) is 4.79 Å². The van der Waals surface area contributed by atoms with Gasteiger partial charge < -0.3 is 20.9 Å². The van der Waals surface area contributed by atoms with Gasteiger partial charge in [-0.2, -0.15) is 0 Å². The van der Waals surface area contributed by atoms with Gasteiger partial charge in [-0.15, -0.1) is 0 Å². The summed E-state index contributed by atoms with van der Waals surface area (Å²) in [6.45, 7) is 0.292. The Kier molecular flexibility index (Phi) is 4.55. The van der Waals surface area contributed by atoms with Gasteiger partial charge in [0.1, 0.15) is 5.75 Å². The number of fused-ring (bicyclic) bond motifs is 1. The number of phenols is 1. The van der Waals surface area contributed by atoms with Gasteiger partial charge in [0, 0.05) is 30.1 Å². The van der Waals surface area contributed by atoms with Crippen molar-refractivity contribution in [1.82, 2.24) is 0 Å². The predicted octanol–water partition coefficient (Wildman–Crippen LogP) is 1.85. The lowest BCUT2D eigenvalue weighted by atomic mass is 10.1. The number of hydrogen-bond acceptors (Lipinski definition) is 4. The van der Waals surface area contributed by atoms with Crippen molar-refractivity contribution < 1.29 is 14.6 Å². The minimum atomic E-state index is -0.293. The van der Waals surface area contributed by atoms with Crippen LogP contribution in [-0.2, 0) is 9.53 Å². The highest BCUT2D eigenvalue weighted by molar-refractivity contribution is 6.03. The molecule has 0 heterocycles. The van der Waals surface area contributed by atoms with E-state index in [4.69, 9.17) is 10.5 Å². The van der Waals surface area contributed by atoms with Crippen LogP contribution in [0.1, 0.15) is 6.42 Å². The fourth-order valence-corrected chi connectivity index (χ4v) is 2.07. The zero-order valence-electron chi connectivity index (χ0n) is 11.3. The first kappa shape index (κ1) is 14.3. The van der Waals surface area contributed by atoms with Gasteiger partial charge in [0.05, 0.1) is 12.5 Å². The molecule has 0 aliphatic heterocycles. The second-order valence-corrected chi connectivity index (χ2v) is 4.52. The maximum absolute atomic E-state index is 12.0. The Morgan fingerprint density at radius 1 is 1.30 bits per heavy atom. The van der Waals surface area contributed by atoms with E-state index in [1.165, 1.54) is 7.11 Å². The fourth-order valence-electron chi connectivity index (χ4n) is 2.07. The van der Waals surface area contributed by atoms with Crippen LogP contribution in [0.5, 0.6) is 5.75 Å². The molecule has 0 fully saturated rings. The van der Waals surface area contributed by atoms with Crippen LogP contribution in [0.3, 0.4) is 0 Å². The third kappa shape index (κ3) is 3.07. The van der Waals surface area contributed by atoms with Gasteiger partial charge >= 0.3 is 0 Å². The standard InChI is InChI=1S/C15H18N2O3/c1-20-10(9-16)8-15(19)17-13-6-2-5-12-11(13)4-3-7-14(12)18/h2-7,10,18H,8-9,16H2,1H3,(H,17,19). The Balaban J connectivity index is 2.22. The second-order valence-electron chi connectivity index (χ2n) is 4.52. The van der Waals surface area contributed by atoms with Crippen LogP contribution in [0.2, 0.25) is 0 Å². The number of ether oxygens (including phenoxy) is 1. The zero-order chi connectivity index (χ0) is 14.5. The Morgan fingerprint density at radius 2 is 2.00 bits per heavy atom. The van der Waals surface area contributed by atoms with Crippen LogP contribution in [0.25, 0.3) is 10.8 Å². The number of carbonyl (C=O) groups excluding carboxylic acids is 1. The van der Waals surface area contributed by atoms with E-state index in [1.807, 2.05) is 6.07 Å². The molecule has 4 N–H and O–H groups in total. The van der Waals surface area contributed by atoms with Crippen LogP contribution < -0.4 is 11.1 Å². The van der Waals surface area contributed by atoms with Gasteiger partial charge in [0.2, 0.25) is 5.91 Å². The molecule has 5 heteroatoms. The van der Waals surface area contributed by atoms with Crippen LogP contribution in [0, 0.1) is 0 Å². The first-order valence-corrected chi connectivity index (χ1v) is 6.39. The number of phenolic OH excluding ortho intramolecular Hbond substituents is 1. The molecule has 1 atom stereocenters. The van der Waals surface area contributed by atoms with Gasteiger partial charge in [-0.05, 0) is 12.1 Å². The van der Waals surface area contributed by atoms with Gasteiger partial charge in [-0.25, -0.2) is 0 Å². The number of aromatic hydroxyl groups is 1. The van der Waals surface area contributed by atoms with Crippen molar-refractivity contribution in [2.24, 2.45) is 5.73 Å². The van der Waals surface area contributed by atoms with Crippen molar-refractivity contribution >= 4 is 22.4 Å². The fraction of sp³-hybridized carbons (Fsp3) is 0.267. The van der Waals surface area contributed by atoms with Gasteiger partial charge in [0.25, 0.3) is 0 Å². The Bertz CT molecular complexity index is 609. The first-order chi connectivity index (χ1) is 9.65. The molecule has 0 aliphatic rings. The second kappa shape index (κ2) is 6.36. The van der Waals surface area contributed by atoms with Crippen molar-refractivity contribution in [2.75, 3.05) is 19.0 Å². The summed E-state index contributed by atoms with van der Waals surface area (Å²) in [6, 6.07) is 10.6. The van der Waals surface area contributed by atoms with E-state index < -0.39 is 0 Å².